The van der Waals surface area contributed by atoms with Crippen molar-refractivity contribution in [1.82, 2.24) is 15.1 Å². The third-order valence-corrected chi connectivity index (χ3v) is 8.96. The van der Waals surface area contributed by atoms with Crippen LogP contribution in [0.1, 0.15) is 61.9 Å². The van der Waals surface area contributed by atoms with E-state index in [1.807, 2.05) is 79.7 Å². The summed E-state index contributed by atoms with van der Waals surface area (Å²) < 4.78 is 12.9. The average molecular weight is 634 g/mol. The van der Waals surface area contributed by atoms with Gasteiger partial charge in [0.2, 0.25) is 0 Å². The Hall–Kier alpha value is -4.89. The van der Waals surface area contributed by atoms with Gasteiger partial charge < -0.3 is 19.8 Å². The number of anilines is 2. The molecule has 2 aromatic heterocycles. The van der Waals surface area contributed by atoms with E-state index in [1.165, 1.54) is 0 Å². The highest BCUT2D eigenvalue weighted by Crippen LogP contribution is 2.35. The topological polar surface area (TPSA) is 110 Å². The zero-order valence-corrected chi connectivity index (χ0v) is 27.7. The van der Waals surface area contributed by atoms with Crippen LogP contribution in [0, 0.1) is 12.8 Å². The molecule has 0 saturated carbocycles. The third-order valence-electron chi connectivity index (χ3n) is 8.96. The zero-order valence-electron chi connectivity index (χ0n) is 27.7. The molecule has 0 aliphatic carbocycles. The van der Waals surface area contributed by atoms with Crippen LogP contribution in [0.15, 0.2) is 83.5 Å². The number of carbonyl (C=O) groups excluding carboxylic acids is 2. The van der Waals surface area contributed by atoms with E-state index in [0.717, 1.165) is 59.4 Å². The van der Waals surface area contributed by atoms with Crippen molar-refractivity contribution in [3.63, 3.8) is 0 Å². The number of aryl methyl sites for hydroxylation is 1. The molecule has 9 heteroatoms. The average Bonchev–Trinajstić information content (AvgIpc) is 3.67. The van der Waals surface area contributed by atoms with Crippen LogP contribution in [-0.4, -0.2) is 41.8 Å². The molecule has 2 amide bonds. The molecule has 3 heterocycles. The molecular weight excluding hydrogens is 590 g/mol. The SMILES string of the molecule is COc1ccc2c(CC(=O)C(c3ccc(NC(=O)Nc4cc(C(C)(C)C)nn4-c4ccc(C)cc4)cc3)C3CCNCC3)coc2c1. The van der Waals surface area contributed by atoms with Gasteiger partial charge in [0.1, 0.15) is 22.9 Å². The van der Waals surface area contributed by atoms with E-state index in [4.69, 9.17) is 14.3 Å². The number of piperidine rings is 1. The molecule has 3 aromatic carbocycles. The molecule has 1 aliphatic rings. The number of aromatic nitrogens is 2. The zero-order chi connectivity index (χ0) is 33.1. The van der Waals surface area contributed by atoms with Crippen LogP contribution >= 0.6 is 0 Å². The van der Waals surface area contributed by atoms with Gasteiger partial charge in [-0.3, -0.25) is 10.1 Å². The van der Waals surface area contributed by atoms with Crippen molar-refractivity contribution >= 4 is 34.3 Å². The summed E-state index contributed by atoms with van der Waals surface area (Å²) in [5.74, 6) is 1.42. The first-order valence-electron chi connectivity index (χ1n) is 16.2. The van der Waals surface area contributed by atoms with Crippen molar-refractivity contribution in [2.24, 2.45) is 5.92 Å². The lowest BCUT2D eigenvalue weighted by atomic mass is 9.76. The van der Waals surface area contributed by atoms with Gasteiger partial charge in [-0.1, -0.05) is 50.6 Å². The summed E-state index contributed by atoms with van der Waals surface area (Å²) in [4.78, 5) is 27.2. The lowest BCUT2D eigenvalue weighted by molar-refractivity contribution is -0.121. The van der Waals surface area contributed by atoms with Gasteiger partial charge in [0, 0.05) is 46.5 Å². The molecule has 3 N–H and O–H groups in total. The van der Waals surface area contributed by atoms with Gasteiger partial charge in [0.05, 0.1) is 24.8 Å². The lowest BCUT2D eigenvalue weighted by Crippen LogP contribution is -2.34. The van der Waals surface area contributed by atoms with Crippen LogP contribution in [0.4, 0.5) is 16.3 Å². The first kappa shape index (κ1) is 32.1. The minimum atomic E-state index is -0.374. The molecule has 1 fully saturated rings. The second kappa shape index (κ2) is 13.5. The Kier molecular flexibility index (Phi) is 9.18. The minimum absolute atomic E-state index is 0.160. The van der Waals surface area contributed by atoms with Gasteiger partial charge in [0.25, 0.3) is 0 Å². The molecule has 1 aliphatic heterocycles. The van der Waals surface area contributed by atoms with Crippen LogP contribution in [0.25, 0.3) is 16.7 Å². The monoisotopic (exact) mass is 633 g/mol. The van der Waals surface area contributed by atoms with Crippen LogP contribution in [0.3, 0.4) is 0 Å². The maximum Gasteiger partial charge on any atom is 0.324 e. The first-order valence-corrected chi connectivity index (χ1v) is 16.2. The second-order valence-corrected chi connectivity index (χ2v) is 13.4. The molecule has 0 spiro atoms. The first-order chi connectivity index (χ1) is 22.6. The fourth-order valence-electron chi connectivity index (χ4n) is 6.30. The molecule has 5 aromatic rings. The van der Waals surface area contributed by atoms with Gasteiger partial charge >= 0.3 is 6.03 Å². The van der Waals surface area contributed by atoms with Crippen LogP contribution in [-0.2, 0) is 16.6 Å². The molecule has 47 heavy (non-hydrogen) atoms. The van der Waals surface area contributed by atoms with E-state index < -0.39 is 0 Å². The number of benzene rings is 3. The molecule has 244 valence electrons. The summed E-state index contributed by atoms with van der Waals surface area (Å²) in [5, 5.41) is 15.1. The second-order valence-electron chi connectivity index (χ2n) is 13.4. The summed E-state index contributed by atoms with van der Waals surface area (Å²) in [6.45, 7) is 10.1. The fourth-order valence-corrected chi connectivity index (χ4v) is 6.30. The number of hydrogen-bond acceptors (Lipinski definition) is 6. The lowest BCUT2D eigenvalue weighted by Gasteiger charge is -2.30. The standard InChI is InChI=1S/C38H43N5O4/c1-24-6-12-29(13-7-24)43-35(22-34(42-43)38(2,3)4)41-37(45)40-28-10-8-25(9-11-28)36(26-16-18-39-19-17-26)32(44)20-27-23-47-33-21-30(46-5)14-15-31(27)33/h6-15,21-23,26,36,39H,16-20H2,1-5H3,(H2,40,41,45). The van der Waals surface area contributed by atoms with Crippen molar-refractivity contribution in [3.8, 4) is 11.4 Å². The van der Waals surface area contributed by atoms with E-state index in [-0.39, 0.29) is 35.5 Å². The molecule has 1 saturated heterocycles. The summed E-state index contributed by atoms with van der Waals surface area (Å²) in [6.07, 6.45) is 3.81. The summed E-state index contributed by atoms with van der Waals surface area (Å²) in [7, 11) is 1.62. The Morgan fingerprint density at radius 1 is 1.00 bits per heavy atom. The minimum Gasteiger partial charge on any atom is -0.497 e. The maximum atomic E-state index is 14.0. The number of amides is 2. The van der Waals surface area contributed by atoms with Crippen molar-refractivity contribution in [3.05, 3.63) is 101 Å². The number of ketones is 1. The van der Waals surface area contributed by atoms with Crippen molar-refractivity contribution in [2.45, 2.75) is 58.3 Å². The highest BCUT2D eigenvalue weighted by atomic mass is 16.5. The van der Waals surface area contributed by atoms with E-state index in [0.29, 0.717) is 22.8 Å². The molecule has 6 rings (SSSR count). The number of ether oxygens (including phenoxy) is 1. The quantitative estimate of drug-likeness (QED) is 0.153. The number of urea groups is 1. The van der Waals surface area contributed by atoms with E-state index >= 15 is 0 Å². The number of carbonyl (C=O) groups is 2. The van der Waals surface area contributed by atoms with Gasteiger partial charge in [0.15, 0.2) is 0 Å². The smallest absolute Gasteiger partial charge is 0.324 e. The van der Waals surface area contributed by atoms with Gasteiger partial charge in [-0.15, -0.1) is 0 Å². The van der Waals surface area contributed by atoms with E-state index in [1.54, 1.807) is 18.1 Å². The van der Waals surface area contributed by atoms with Crippen molar-refractivity contribution in [1.29, 1.82) is 0 Å². The van der Waals surface area contributed by atoms with Crippen molar-refractivity contribution < 1.29 is 18.7 Å². The van der Waals surface area contributed by atoms with Gasteiger partial charge in [-0.25, -0.2) is 9.48 Å². The highest BCUT2D eigenvalue weighted by molar-refractivity contribution is 5.99. The maximum absolute atomic E-state index is 14.0. The van der Waals surface area contributed by atoms with E-state index in [9.17, 15) is 9.59 Å². The van der Waals surface area contributed by atoms with E-state index in [2.05, 4.69) is 36.7 Å². The van der Waals surface area contributed by atoms with Gasteiger partial charge in [-0.2, -0.15) is 5.10 Å². The Morgan fingerprint density at radius 2 is 1.72 bits per heavy atom. The van der Waals surface area contributed by atoms with Crippen molar-refractivity contribution in [2.75, 3.05) is 30.8 Å². The Balaban J connectivity index is 1.19. The number of hydrogen-bond donors (Lipinski definition) is 3. The normalized spacial score (nSPS) is 14.6. The summed E-state index contributed by atoms with van der Waals surface area (Å²) in [6, 6.07) is 22.9. The largest absolute Gasteiger partial charge is 0.497 e. The van der Waals surface area contributed by atoms with Gasteiger partial charge in [-0.05, 0) is 80.7 Å². The molecule has 9 nitrogen and oxygen atoms in total. The molecule has 1 atom stereocenters. The Morgan fingerprint density at radius 3 is 2.40 bits per heavy atom. The number of furan rings is 1. The Bertz CT molecular complexity index is 1860. The molecular formula is C38H43N5O4. The fraction of sp³-hybridized carbons (Fsp3) is 0.342. The highest BCUT2D eigenvalue weighted by Gasteiger charge is 2.31. The summed E-state index contributed by atoms with van der Waals surface area (Å²) >= 11 is 0. The molecule has 0 bridgehead atoms. The third kappa shape index (κ3) is 7.25. The number of nitrogens with zero attached hydrogens (tertiary/aromatic N) is 2. The number of fused-ring (bicyclic) bond motifs is 1. The number of methoxy groups -OCH3 is 1. The number of nitrogens with one attached hydrogen (secondary N) is 3. The van der Waals surface area contributed by atoms with Crippen LogP contribution in [0.5, 0.6) is 5.75 Å². The Labute approximate surface area is 275 Å². The summed E-state index contributed by atoms with van der Waals surface area (Å²) in [5.41, 5.74) is 5.85. The molecule has 1 unspecified atom stereocenters. The van der Waals surface area contributed by atoms with Crippen LogP contribution in [0.2, 0.25) is 0 Å². The number of Topliss-reactive ketones (excluding diaryl/α,β-unsaturated/α-hetero) is 1. The molecule has 0 radical (unpaired) electrons. The predicted molar refractivity (Wildman–Crippen MR) is 186 cm³/mol. The predicted octanol–water partition coefficient (Wildman–Crippen LogP) is 7.77. The van der Waals surface area contributed by atoms with Crippen LogP contribution < -0.4 is 20.7 Å². The number of rotatable bonds is 9.